The summed E-state index contributed by atoms with van der Waals surface area (Å²) < 4.78 is 0. The molecule has 3 rings (SSSR count). The fourth-order valence-corrected chi connectivity index (χ4v) is 4.20. The van der Waals surface area contributed by atoms with Gasteiger partial charge in [-0.25, -0.2) is 0 Å². The van der Waals surface area contributed by atoms with Crippen molar-refractivity contribution in [2.45, 2.75) is 46.1 Å². The molecule has 1 aliphatic heterocycles. The Bertz CT molecular complexity index is 810. The minimum atomic E-state index is 0.163. The molecule has 1 amide bonds. The van der Waals surface area contributed by atoms with E-state index in [0.29, 0.717) is 12.5 Å². The molecule has 0 aliphatic carbocycles. The number of rotatable bonds is 9. The lowest BCUT2D eigenvalue weighted by molar-refractivity contribution is -0.130. The average molecular weight is 424 g/mol. The lowest BCUT2D eigenvalue weighted by atomic mass is 9.94. The molecule has 1 atom stereocenters. The first-order valence-corrected chi connectivity index (χ1v) is 11.6. The lowest BCUT2D eigenvalue weighted by Crippen LogP contribution is -2.51. The molecule has 168 valence electrons. The van der Waals surface area contributed by atoms with Crippen LogP contribution >= 0.6 is 0 Å². The summed E-state index contributed by atoms with van der Waals surface area (Å²) in [6, 6.07) is 16.3. The van der Waals surface area contributed by atoms with E-state index < -0.39 is 0 Å². The van der Waals surface area contributed by atoms with Gasteiger partial charge in [-0.15, -0.1) is 0 Å². The van der Waals surface area contributed by atoms with Gasteiger partial charge in [-0.2, -0.15) is 0 Å². The van der Waals surface area contributed by atoms with Crippen molar-refractivity contribution in [2.75, 3.05) is 37.6 Å². The number of hydrogen-bond donors (Lipinski definition) is 2. The van der Waals surface area contributed by atoms with Crippen LogP contribution in [0.3, 0.4) is 0 Å². The van der Waals surface area contributed by atoms with E-state index in [-0.39, 0.29) is 17.7 Å². The summed E-state index contributed by atoms with van der Waals surface area (Å²) in [6.45, 7) is 10.0. The molecule has 0 bridgehead atoms. The van der Waals surface area contributed by atoms with E-state index >= 15 is 0 Å². The van der Waals surface area contributed by atoms with Crippen molar-refractivity contribution in [2.24, 2.45) is 5.92 Å². The number of carbonyl (C=O) groups excluding carboxylic acids is 1. The number of unbranched alkanes of at least 4 members (excludes halogenated alkanes) is 1. The Hall–Kier alpha value is -2.53. The highest BCUT2D eigenvalue weighted by molar-refractivity contribution is 5.78. The number of nitrogens with zero attached hydrogens (tertiary/aromatic N) is 2. The maximum atomic E-state index is 12.8. The van der Waals surface area contributed by atoms with Gasteiger partial charge < -0.3 is 20.2 Å². The second-order valence-electron chi connectivity index (χ2n) is 8.83. The normalized spacial score (nSPS) is 15.4. The third-order valence-electron chi connectivity index (χ3n) is 6.14. The monoisotopic (exact) mass is 423 g/mol. The van der Waals surface area contributed by atoms with Gasteiger partial charge in [0.05, 0.1) is 6.54 Å². The number of anilines is 1. The number of aromatic hydroxyl groups is 1. The van der Waals surface area contributed by atoms with E-state index in [1.54, 1.807) is 12.1 Å². The average Bonchev–Trinajstić information content (AvgIpc) is 2.79. The van der Waals surface area contributed by atoms with Crippen LogP contribution in [-0.4, -0.2) is 48.6 Å². The van der Waals surface area contributed by atoms with Crippen molar-refractivity contribution in [3.8, 4) is 5.75 Å². The molecular weight excluding hydrogens is 386 g/mol. The van der Waals surface area contributed by atoms with Gasteiger partial charge in [0.2, 0.25) is 5.91 Å². The van der Waals surface area contributed by atoms with Crippen molar-refractivity contribution in [3.63, 3.8) is 0 Å². The van der Waals surface area contributed by atoms with Gasteiger partial charge in [-0.1, -0.05) is 51.5 Å². The smallest absolute Gasteiger partial charge is 0.236 e. The molecule has 1 fully saturated rings. The van der Waals surface area contributed by atoms with Crippen LogP contribution in [0.25, 0.3) is 0 Å². The molecule has 1 heterocycles. The molecule has 0 aromatic heterocycles. The largest absolute Gasteiger partial charge is 0.508 e. The molecule has 0 radical (unpaired) electrons. The number of phenols is 1. The van der Waals surface area contributed by atoms with Gasteiger partial charge in [0.1, 0.15) is 5.75 Å². The lowest BCUT2D eigenvalue weighted by Gasteiger charge is -2.36. The molecule has 5 nitrogen and oxygen atoms in total. The molecule has 1 aliphatic rings. The third kappa shape index (κ3) is 6.47. The number of phenolic OH excluding ortho intramolecular Hbond substituents is 1. The number of carbonyl (C=O) groups is 1. The fraction of sp³-hybridized carbons (Fsp3) is 0.500. The molecule has 31 heavy (non-hydrogen) atoms. The molecule has 0 saturated carbocycles. The zero-order chi connectivity index (χ0) is 22.2. The number of nitrogens with one attached hydrogen (secondary N) is 1. The third-order valence-corrected chi connectivity index (χ3v) is 6.14. The quantitative estimate of drug-likeness (QED) is 0.629. The number of piperazine rings is 1. The van der Waals surface area contributed by atoms with E-state index in [4.69, 9.17) is 0 Å². The molecule has 0 spiro atoms. The van der Waals surface area contributed by atoms with E-state index in [1.807, 2.05) is 17.0 Å². The summed E-state index contributed by atoms with van der Waals surface area (Å²) in [5, 5.41) is 13.0. The first-order valence-electron chi connectivity index (χ1n) is 11.6. The summed E-state index contributed by atoms with van der Waals surface area (Å²) >= 11 is 0. The predicted molar refractivity (Wildman–Crippen MR) is 128 cm³/mol. The van der Waals surface area contributed by atoms with E-state index in [9.17, 15) is 9.90 Å². The molecular formula is C26H37N3O2. The zero-order valence-electron chi connectivity index (χ0n) is 19.2. The van der Waals surface area contributed by atoms with Crippen molar-refractivity contribution in [3.05, 3.63) is 59.7 Å². The highest BCUT2D eigenvalue weighted by atomic mass is 16.3. The van der Waals surface area contributed by atoms with Crippen molar-refractivity contribution < 1.29 is 9.90 Å². The fourth-order valence-electron chi connectivity index (χ4n) is 4.20. The molecule has 0 unspecified atom stereocenters. The summed E-state index contributed by atoms with van der Waals surface area (Å²) in [5.41, 5.74) is 3.72. The number of amides is 1. The molecule has 2 aromatic carbocycles. The SMILES string of the molecule is CCCCc1ccc([C@H](NCC(=O)N2CCN(c3ccc(O)cc3)CC2)C(C)C)cc1. The minimum absolute atomic E-state index is 0.163. The van der Waals surface area contributed by atoms with Gasteiger partial charge in [-0.3, -0.25) is 4.79 Å². The molecule has 5 heteroatoms. The topological polar surface area (TPSA) is 55.8 Å². The van der Waals surface area contributed by atoms with Gasteiger partial charge in [-0.05, 0) is 54.2 Å². The second kappa shape index (κ2) is 11.2. The highest BCUT2D eigenvalue weighted by Crippen LogP contribution is 2.23. The highest BCUT2D eigenvalue weighted by Gasteiger charge is 2.23. The van der Waals surface area contributed by atoms with E-state index in [0.717, 1.165) is 38.3 Å². The first kappa shape index (κ1) is 23.1. The molecule has 2 N–H and O–H groups in total. The zero-order valence-corrected chi connectivity index (χ0v) is 19.2. The van der Waals surface area contributed by atoms with Gasteiger partial charge in [0.25, 0.3) is 0 Å². The van der Waals surface area contributed by atoms with Crippen LogP contribution in [0.4, 0.5) is 5.69 Å². The summed E-state index contributed by atoms with van der Waals surface area (Å²) in [4.78, 5) is 17.0. The number of benzene rings is 2. The number of aryl methyl sites for hydroxylation is 1. The summed E-state index contributed by atoms with van der Waals surface area (Å²) in [5.74, 6) is 0.843. The Morgan fingerprint density at radius 2 is 1.65 bits per heavy atom. The Morgan fingerprint density at radius 3 is 2.23 bits per heavy atom. The van der Waals surface area contributed by atoms with Crippen molar-refractivity contribution >= 4 is 11.6 Å². The van der Waals surface area contributed by atoms with Gasteiger partial charge in [0, 0.05) is 37.9 Å². The van der Waals surface area contributed by atoms with E-state index in [2.05, 4.69) is 55.3 Å². The Balaban J connectivity index is 1.50. The minimum Gasteiger partial charge on any atom is -0.508 e. The first-order chi connectivity index (χ1) is 15.0. The maximum Gasteiger partial charge on any atom is 0.236 e. The number of hydrogen-bond acceptors (Lipinski definition) is 4. The van der Waals surface area contributed by atoms with Crippen LogP contribution in [0.1, 0.15) is 50.8 Å². The Morgan fingerprint density at radius 1 is 1.00 bits per heavy atom. The van der Waals surface area contributed by atoms with Crippen LogP contribution in [-0.2, 0) is 11.2 Å². The standard InChI is InChI=1S/C26H37N3O2/c1-4-5-6-21-7-9-22(10-8-21)26(20(2)3)27-19-25(31)29-17-15-28(16-18-29)23-11-13-24(30)14-12-23/h7-14,20,26-27,30H,4-6,15-19H2,1-3H3/t26-/m1/s1. The summed E-state index contributed by atoms with van der Waals surface area (Å²) in [6.07, 6.45) is 3.56. The van der Waals surface area contributed by atoms with Crippen LogP contribution in [0.5, 0.6) is 5.75 Å². The Kier molecular flexibility index (Phi) is 8.35. The van der Waals surface area contributed by atoms with Crippen LogP contribution < -0.4 is 10.2 Å². The van der Waals surface area contributed by atoms with Crippen molar-refractivity contribution in [1.82, 2.24) is 10.2 Å². The molecule has 2 aromatic rings. The maximum absolute atomic E-state index is 12.8. The predicted octanol–water partition coefficient (Wildman–Crippen LogP) is 4.37. The molecule has 1 saturated heterocycles. The van der Waals surface area contributed by atoms with Gasteiger partial charge in [0.15, 0.2) is 0 Å². The van der Waals surface area contributed by atoms with Gasteiger partial charge >= 0.3 is 0 Å². The summed E-state index contributed by atoms with van der Waals surface area (Å²) in [7, 11) is 0. The second-order valence-corrected chi connectivity index (χ2v) is 8.83. The van der Waals surface area contributed by atoms with Crippen LogP contribution in [0.15, 0.2) is 48.5 Å². The Labute approximate surface area is 187 Å². The van der Waals surface area contributed by atoms with Crippen molar-refractivity contribution in [1.29, 1.82) is 0 Å². The van der Waals surface area contributed by atoms with Crippen LogP contribution in [0.2, 0.25) is 0 Å². The van der Waals surface area contributed by atoms with Crippen LogP contribution in [0, 0.1) is 5.92 Å². The van der Waals surface area contributed by atoms with E-state index in [1.165, 1.54) is 24.0 Å².